The third-order valence-electron chi connectivity index (χ3n) is 5.53. The lowest BCUT2D eigenvalue weighted by Crippen LogP contribution is -2.47. The van der Waals surface area contributed by atoms with Crippen molar-refractivity contribution >= 4 is 5.91 Å². The van der Waals surface area contributed by atoms with Crippen molar-refractivity contribution in [1.82, 2.24) is 30.5 Å². The van der Waals surface area contributed by atoms with Crippen LogP contribution in [-0.4, -0.2) is 37.0 Å². The highest BCUT2D eigenvalue weighted by atomic mass is 16.5. The second-order valence-electron chi connectivity index (χ2n) is 7.43. The van der Waals surface area contributed by atoms with Gasteiger partial charge in [0.1, 0.15) is 18.3 Å². The van der Waals surface area contributed by atoms with E-state index in [1.165, 1.54) is 11.1 Å². The second kappa shape index (κ2) is 7.72. The van der Waals surface area contributed by atoms with Gasteiger partial charge in [-0.15, -0.1) is 0 Å². The van der Waals surface area contributed by atoms with Gasteiger partial charge in [-0.3, -0.25) is 9.78 Å². The van der Waals surface area contributed by atoms with Crippen LogP contribution in [0.1, 0.15) is 36.4 Å². The largest absolute Gasteiger partial charge is 0.337 e. The molecule has 2 aliphatic heterocycles. The SMILES string of the molecule is CCc1ccc(C2CC3C(=O)N(Cc4nc(-c5ccccn5)no4)C=CN3N2)cc1. The molecule has 1 amide bonds. The molecule has 1 saturated heterocycles. The summed E-state index contributed by atoms with van der Waals surface area (Å²) in [5.41, 5.74) is 6.55. The van der Waals surface area contributed by atoms with Crippen molar-refractivity contribution in [3.05, 3.63) is 78.1 Å². The first-order valence-corrected chi connectivity index (χ1v) is 10.1. The maximum atomic E-state index is 13.1. The summed E-state index contributed by atoms with van der Waals surface area (Å²) in [6, 6.07) is 13.9. The molecule has 0 saturated carbocycles. The Morgan fingerprint density at radius 2 is 2.03 bits per heavy atom. The zero-order chi connectivity index (χ0) is 20.5. The van der Waals surface area contributed by atoms with Crippen LogP contribution in [0.4, 0.5) is 0 Å². The molecule has 1 N–H and O–H groups in total. The third kappa shape index (κ3) is 3.46. The van der Waals surface area contributed by atoms with Crippen LogP contribution < -0.4 is 5.43 Å². The van der Waals surface area contributed by atoms with Gasteiger partial charge in [-0.25, -0.2) is 5.43 Å². The van der Waals surface area contributed by atoms with E-state index >= 15 is 0 Å². The maximum absolute atomic E-state index is 13.1. The van der Waals surface area contributed by atoms with Crippen LogP contribution in [0.5, 0.6) is 0 Å². The van der Waals surface area contributed by atoms with Gasteiger partial charge in [0.15, 0.2) is 0 Å². The fourth-order valence-electron chi connectivity index (χ4n) is 3.83. The number of carbonyl (C=O) groups excluding carboxylic acids is 1. The number of pyridine rings is 1. The molecule has 2 unspecified atom stereocenters. The first kappa shape index (κ1) is 18.5. The van der Waals surface area contributed by atoms with E-state index in [4.69, 9.17) is 4.52 Å². The van der Waals surface area contributed by atoms with Gasteiger partial charge in [0.2, 0.25) is 11.7 Å². The second-order valence-corrected chi connectivity index (χ2v) is 7.43. The molecule has 1 fully saturated rings. The van der Waals surface area contributed by atoms with Crippen LogP contribution in [0.2, 0.25) is 0 Å². The topological polar surface area (TPSA) is 87.4 Å². The number of aryl methyl sites for hydroxylation is 1. The highest BCUT2D eigenvalue weighted by Gasteiger charge is 2.40. The number of amides is 1. The Morgan fingerprint density at radius 3 is 2.80 bits per heavy atom. The van der Waals surface area contributed by atoms with E-state index in [-0.39, 0.29) is 24.5 Å². The number of hydrogen-bond acceptors (Lipinski definition) is 7. The minimum absolute atomic E-state index is 0.00950. The Morgan fingerprint density at radius 1 is 1.17 bits per heavy atom. The van der Waals surface area contributed by atoms with E-state index in [0.717, 1.165) is 6.42 Å². The van der Waals surface area contributed by atoms with Gasteiger partial charge in [-0.05, 0) is 36.1 Å². The van der Waals surface area contributed by atoms with E-state index in [2.05, 4.69) is 51.7 Å². The molecule has 2 aromatic heterocycles. The van der Waals surface area contributed by atoms with Gasteiger partial charge >= 0.3 is 0 Å². The van der Waals surface area contributed by atoms with E-state index in [9.17, 15) is 4.79 Å². The molecule has 0 aliphatic carbocycles. The van der Waals surface area contributed by atoms with Crippen LogP contribution in [-0.2, 0) is 17.8 Å². The van der Waals surface area contributed by atoms with E-state index in [0.29, 0.717) is 23.8 Å². The molecule has 2 aliphatic rings. The Bertz CT molecular complexity index is 1060. The lowest BCUT2D eigenvalue weighted by Gasteiger charge is -2.30. The minimum Gasteiger partial charge on any atom is -0.337 e. The maximum Gasteiger partial charge on any atom is 0.251 e. The number of carbonyl (C=O) groups is 1. The van der Waals surface area contributed by atoms with E-state index < -0.39 is 0 Å². The summed E-state index contributed by atoms with van der Waals surface area (Å²) in [5.74, 6) is 0.800. The summed E-state index contributed by atoms with van der Waals surface area (Å²) in [6.45, 7) is 2.37. The predicted molar refractivity (Wildman–Crippen MR) is 109 cm³/mol. The van der Waals surface area contributed by atoms with Crippen molar-refractivity contribution in [2.24, 2.45) is 0 Å². The van der Waals surface area contributed by atoms with Gasteiger partial charge in [-0.2, -0.15) is 4.98 Å². The van der Waals surface area contributed by atoms with Crippen molar-refractivity contribution in [3.8, 4) is 11.5 Å². The minimum atomic E-state index is -0.260. The van der Waals surface area contributed by atoms with Crippen LogP contribution >= 0.6 is 0 Å². The lowest BCUT2D eigenvalue weighted by molar-refractivity contribution is -0.135. The van der Waals surface area contributed by atoms with Crippen molar-refractivity contribution < 1.29 is 9.32 Å². The van der Waals surface area contributed by atoms with E-state index in [1.807, 2.05) is 29.4 Å². The molecule has 4 heterocycles. The first-order chi connectivity index (χ1) is 14.7. The van der Waals surface area contributed by atoms with Crippen LogP contribution in [0.3, 0.4) is 0 Å². The quantitative estimate of drug-likeness (QED) is 0.702. The van der Waals surface area contributed by atoms with Gasteiger partial charge in [0.05, 0.1) is 6.04 Å². The molecule has 8 nitrogen and oxygen atoms in total. The number of aromatic nitrogens is 3. The first-order valence-electron chi connectivity index (χ1n) is 10.1. The normalized spacial score (nSPS) is 20.6. The average molecular weight is 402 g/mol. The third-order valence-corrected chi connectivity index (χ3v) is 5.53. The predicted octanol–water partition coefficient (Wildman–Crippen LogP) is 2.83. The van der Waals surface area contributed by atoms with Crippen LogP contribution in [0, 0.1) is 0 Å². The van der Waals surface area contributed by atoms with Gasteiger partial charge in [0.25, 0.3) is 5.91 Å². The Hall–Kier alpha value is -3.52. The summed E-state index contributed by atoms with van der Waals surface area (Å²) in [6.07, 6.45) is 7.03. The highest BCUT2D eigenvalue weighted by molar-refractivity contribution is 5.84. The molecule has 5 rings (SSSR count). The summed E-state index contributed by atoms with van der Waals surface area (Å²) in [7, 11) is 0. The molecule has 2 atom stereocenters. The standard InChI is InChI=1S/C22H22N6O2/c1-2-15-6-8-16(9-7-15)18-13-19-22(29)27(11-12-28(19)25-18)14-20-24-21(26-30-20)17-5-3-4-10-23-17/h3-12,18-19,25H,2,13-14H2,1H3. The van der Waals surface area contributed by atoms with Gasteiger partial charge in [0, 0.05) is 18.6 Å². The number of nitrogens with one attached hydrogen (secondary N) is 1. The van der Waals surface area contributed by atoms with E-state index in [1.54, 1.807) is 17.3 Å². The highest BCUT2D eigenvalue weighted by Crippen LogP contribution is 2.31. The molecule has 1 aromatic carbocycles. The number of fused-ring (bicyclic) bond motifs is 1. The molecule has 30 heavy (non-hydrogen) atoms. The van der Waals surface area contributed by atoms with Gasteiger partial charge < -0.3 is 14.4 Å². The Balaban J connectivity index is 1.27. The number of benzene rings is 1. The summed E-state index contributed by atoms with van der Waals surface area (Å²) < 4.78 is 5.34. The smallest absolute Gasteiger partial charge is 0.251 e. The van der Waals surface area contributed by atoms with Crippen LogP contribution in [0.25, 0.3) is 11.5 Å². The monoisotopic (exact) mass is 402 g/mol. The Kier molecular flexibility index (Phi) is 4.76. The van der Waals surface area contributed by atoms with Crippen LogP contribution in [0.15, 0.2) is 65.6 Å². The fourth-order valence-corrected chi connectivity index (χ4v) is 3.83. The molecule has 0 bridgehead atoms. The van der Waals surface area contributed by atoms with Crippen molar-refractivity contribution in [1.29, 1.82) is 0 Å². The summed E-state index contributed by atoms with van der Waals surface area (Å²) in [5, 5.41) is 5.87. The van der Waals surface area contributed by atoms with Crippen molar-refractivity contribution in [3.63, 3.8) is 0 Å². The number of rotatable bonds is 5. The number of hydrazine groups is 1. The van der Waals surface area contributed by atoms with Gasteiger partial charge in [-0.1, -0.05) is 42.4 Å². The summed E-state index contributed by atoms with van der Waals surface area (Å²) >= 11 is 0. The average Bonchev–Trinajstić information content (AvgIpc) is 3.44. The number of hydrogen-bond donors (Lipinski definition) is 1. The molecular formula is C22H22N6O2. The zero-order valence-corrected chi connectivity index (χ0v) is 16.6. The lowest BCUT2D eigenvalue weighted by atomic mass is 9.99. The molecule has 8 heteroatoms. The molecule has 0 radical (unpaired) electrons. The molecule has 0 spiro atoms. The van der Waals surface area contributed by atoms with Crippen molar-refractivity contribution in [2.45, 2.75) is 38.4 Å². The molecular weight excluding hydrogens is 380 g/mol. The van der Waals surface area contributed by atoms with Crippen molar-refractivity contribution in [2.75, 3.05) is 0 Å². The zero-order valence-electron chi connectivity index (χ0n) is 16.6. The number of nitrogens with zero attached hydrogens (tertiary/aromatic N) is 5. The Labute approximate surface area is 174 Å². The summed E-state index contributed by atoms with van der Waals surface area (Å²) in [4.78, 5) is 23.3. The molecule has 3 aromatic rings. The molecule has 152 valence electrons. The fraction of sp³-hybridized carbons (Fsp3) is 0.273.